The molecule has 0 saturated heterocycles. The topological polar surface area (TPSA) is 49.7 Å². The highest BCUT2D eigenvalue weighted by Gasteiger charge is 2.31. The largest absolute Gasteiger partial charge is 0.265 e. The molecule has 1 aliphatic rings. The summed E-state index contributed by atoms with van der Waals surface area (Å²) >= 11 is 1.48. The lowest BCUT2D eigenvalue weighted by molar-refractivity contribution is 0.540. The molecule has 0 spiro atoms. The number of fused-ring (bicyclic) bond motifs is 1. The van der Waals surface area contributed by atoms with E-state index in [-0.39, 0.29) is 0 Å². The normalized spacial score (nSPS) is 14.6. The van der Waals surface area contributed by atoms with Gasteiger partial charge in [0.2, 0.25) is 0 Å². The van der Waals surface area contributed by atoms with Gasteiger partial charge in [-0.3, -0.25) is 4.99 Å². The van der Waals surface area contributed by atoms with E-state index in [0.717, 1.165) is 16.3 Å². The van der Waals surface area contributed by atoms with E-state index < -0.39 is 10.0 Å². The molecule has 0 amide bonds. The van der Waals surface area contributed by atoms with Crippen molar-refractivity contribution in [2.45, 2.75) is 17.6 Å². The number of sulfonamides is 1. The molecule has 0 saturated carbocycles. The van der Waals surface area contributed by atoms with Gasteiger partial charge in [-0.05, 0) is 35.4 Å². The van der Waals surface area contributed by atoms with Crippen molar-refractivity contribution in [2.75, 3.05) is 13.1 Å². The number of rotatable bonds is 4. The molecule has 0 aromatic heterocycles. The van der Waals surface area contributed by atoms with Crippen LogP contribution in [0.4, 0.5) is 0 Å². The Balaban J connectivity index is 1.57. The molecule has 0 atom stereocenters. The summed E-state index contributed by atoms with van der Waals surface area (Å²) in [5, 5.41) is 2.52. The summed E-state index contributed by atoms with van der Waals surface area (Å²) < 4.78 is 27.8. The van der Waals surface area contributed by atoms with Crippen molar-refractivity contribution in [3.05, 3.63) is 77.9 Å². The van der Waals surface area contributed by atoms with Crippen molar-refractivity contribution >= 4 is 37.7 Å². The Morgan fingerprint density at radius 1 is 1.00 bits per heavy atom. The van der Waals surface area contributed by atoms with Crippen molar-refractivity contribution < 1.29 is 8.42 Å². The number of aryl methyl sites for hydroxylation is 1. The molecule has 3 aromatic rings. The van der Waals surface area contributed by atoms with E-state index in [9.17, 15) is 8.42 Å². The Kier molecular flexibility index (Phi) is 4.93. The zero-order valence-electron chi connectivity index (χ0n) is 15.0. The summed E-state index contributed by atoms with van der Waals surface area (Å²) in [4.78, 5) is 4.75. The average molecular weight is 397 g/mol. The minimum atomic E-state index is -3.61. The molecule has 3 aromatic carbocycles. The predicted octanol–water partition coefficient (Wildman–Crippen LogP) is 4.44. The molecular weight excluding hydrogens is 376 g/mol. The zero-order chi connectivity index (χ0) is 18.9. The van der Waals surface area contributed by atoms with Gasteiger partial charge in [0.25, 0.3) is 10.0 Å². The molecule has 4 nitrogen and oxygen atoms in total. The van der Waals surface area contributed by atoms with E-state index in [4.69, 9.17) is 0 Å². The molecule has 0 aliphatic carbocycles. The number of hydrogen-bond acceptors (Lipinski definition) is 4. The number of amidine groups is 1. The van der Waals surface area contributed by atoms with Gasteiger partial charge in [-0.2, -0.15) is 0 Å². The number of hydrogen-bond donors (Lipinski definition) is 0. The van der Waals surface area contributed by atoms with Crippen LogP contribution in [0.1, 0.15) is 11.1 Å². The molecule has 0 unspecified atom stereocenters. The average Bonchev–Trinajstić information content (AvgIpc) is 3.15. The van der Waals surface area contributed by atoms with Crippen LogP contribution < -0.4 is 0 Å². The Hall–Kier alpha value is -2.31. The third kappa shape index (κ3) is 3.73. The molecule has 4 rings (SSSR count). The Morgan fingerprint density at radius 3 is 2.63 bits per heavy atom. The zero-order valence-corrected chi connectivity index (χ0v) is 16.6. The van der Waals surface area contributed by atoms with Crippen LogP contribution in [-0.4, -0.2) is 31.0 Å². The van der Waals surface area contributed by atoms with Crippen LogP contribution in [-0.2, 0) is 15.8 Å². The van der Waals surface area contributed by atoms with Crippen molar-refractivity contribution in [3.63, 3.8) is 0 Å². The molecule has 1 aliphatic heterocycles. The highest BCUT2D eigenvalue weighted by Crippen LogP contribution is 2.27. The van der Waals surface area contributed by atoms with Crippen LogP contribution in [0.15, 0.2) is 76.6 Å². The van der Waals surface area contributed by atoms with Gasteiger partial charge in [0, 0.05) is 5.75 Å². The lowest BCUT2D eigenvalue weighted by Crippen LogP contribution is -2.32. The molecule has 6 heteroatoms. The maximum atomic E-state index is 13.2. The number of aliphatic imine (C=N–C) groups is 1. The van der Waals surface area contributed by atoms with Crippen LogP contribution in [0.3, 0.4) is 0 Å². The van der Waals surface area contributed by atoms with E-state index >= 15 is 0 Å². The smallest absolute Gasteiger partial charge is 0.260 e. The van der Waals surface area contributed by atoms with Crippen LogP contribution in [0.25, 0.3) is 10.8 Å². The number of nitrogens with zero attached hydrogens (tertiary/aromatic N) is 2. The van der Waals surface area contributed by atoms with Crippen LogP contribution in [0, 0.1) is 6.92 Å². The van der Waals surface area contributed by atoms with E-state index in [1.165, 1.54) is 21.6 Å². The van der Waals surface area contributed by atoms with Gasteiger partial charge in [-0.15, -0.1) is 0 Å². The minimum Gasteiger partial charge on any atom is -0.260 e. The molecule has 0 radical (unpaired) electrons. The Labute approximate surface area is 164 Å². The summed E-state index contributed by atoms with van der Waals surface area (Å²) in [5.74, 6) is 0.699. The van der Waals surface area contributed by atoms with Crippen molar-refractivity contribution in [1.82, 2.24) is 4.31 Å². The second-order valence-electron chi connectivity index (χ2n) is 6.53. The first-order valence-corrected chi connectivity index (χ1v) is 11.2. The van der Waals surface area contributed by atoms with Crippen molar-refractivity contribution in [3.8, 4) is 0 Å². The molecule has 138 valence electrons. The van der Waals surface area contributed by atoms with Gasteiger partial charge in [-0.1, -0.05) is 71.9 Å². The van der Waals surface area contributed by atoms with Crippen molar-refractivity contribution in [1.29, 1.82) is 0 Å². The first-order chi connectivity index (χ1) is 13.0. The first-order valence-electron chi connectivity index (χ1n) is 8.78. The minimum absolute atomic E-state index is 0.312. The predicted molar refractivity (Wildman–Crippen MR) is 113 cm³/mol. The maximum Gasteiger partial charge on any atom is 0.265 e. The monoisotopic (exact) mass is 396 g/mol. The van der Waals surface area contributed by atoms with Gasteiger partial charge in [-0.25, -0.2) is 12.7 Å². The highest BCUT2D eigenvalue weighted by molar-refractivity contribution is 8.14. The Morgan fingerprint density at radius 2 is 1.81 bits per heavy atom. The standard InChI is InChI=1S/C21H20N2O2S2/c1-16-5-4-6-17(13-16)15-26-21-22-11-12-23(21)27(24,25)20-10-9-18-7-2-3-8-19(18)14-20/h2-10,13-14H,11-12,15H2,1H3. The van der Waals surface area contributed by atoms with E-state index in [1.807, 2.05) is 36.4 Å². The molecular formula is C21H20N2O2S2. The van der Waals surface area contributed by atoms with E-state index in [0.29, 0.717) is 28.9 Å². The maximum absolute atomic E-state index is 13.2. The van der Waals surface area contributed by atoms with Crippen LogP contribution >= 0.6 is 11.8 Å². The third-order valence-electron chi connectivity index (χ3n) is 4.52. The van der Waals surface area contributed by atoms with Gasteiger partial charge in [0.05, 0.1) is 18.0 Å². The van der Waals surface area contributed by atoms with Gasteiger partial charge in [0.15, 0.2) is 5.17 Å². The van der Waals surface area contributed by atoms with Crippen LogP contribution in [0.5, 0.6) is 0 Å². The van der Waals surface area contributed by atoms with Crippen LogP contribution in [0.2, 0.25) is 0 Å². The molecule has 1 heterocycles. The lowest BCUT2D eigenvalue weighted by Gasteiger charge is -2.20. The highest BCUT2D eigenvalue weighted by atomic mass is 32.2. The number of thioether (sulfide) groups is 1. The quantitative estimate of drug-likeness (QED) is 0.655. The summed E-state index contributed by atoms with van der Waals surface area (Å²) in [6, 6.07) is 21.3. The fourth-order valence-electron chi connectivity index (χ4n) is 3.16. The van der Waals surface area contributed by atoms with E-state index in [2.05, 4.69) is 30.1 Å². The SMILES string of the molecule is Cc1cccc(CSC2=NCCN2S(=O)(=O)c2ccc3ccccc3c2)c1. The van der Waals surface area contributed by atoms with Gasteiger partial charge < -0.3 is 0 Å². The third-order valence-corrected chi connectivity index (χ3v) is 7.51. The Bertz CT molecular complexity index is 1120. The summed E-state index contributed by atoms with van der Waals surface area (Å²) in [7, 11) is -3.61. The number of benzene rings is 3. The second-order valence-corrected chi connectivity index (χ2v) is 9.33. The van der Waals surface area contributed by atoms with Gasteiger partial charge >= 0.3 is 0 Å². The lowest BCUT2D eigenvalue weighted by atomic mass is 10.1. The molecule has 0 bridgehead atoms. The molecule has 0 fully saturated rings. The second kappa shape index (κ2) is 7.37. The van der Waals surface area contributed by atoms with E-state index in [1.54, 1.807) is 12.1 Å². The molecule has 27 heavy (non-hydrogen) atoms. The fraction of sp³-hybridized carbons (Fsp3) is 0.190. The first kappa shape index (κ1) is 18.1. The fourth-order valence-corrected chi connectivity index (χ4v) is 5.86. The van der Waals surface area contributed by atoms with Gasteiger partial charge in [0.1, 0.15) is 0 Å². The summed E-state index contributed by atoms with van der Waals surface area (Å²) in [6.07, 6.45) is 0. The molecule has 0 N–H and O–H groups in total. The summed E-state index contributed by atoms with van der Waals surface area (Å²) in [5.41, 5.74) is 2.36. The summed E-state index contributed by atoms with van der Waals surface area (Å²) in [6.45, 7) is 2.95. The van der Waals surface area contributed by atoms with Crippen molar-refractivity contribution in [2.24, 2.45) is 4.99 Å².